The number of hydrogen-bond donors (Lipinski definition) is 1. The predicted octanol–water partition coefficient (Wildman–Crippen LogP) is 5.02. The lowest BCUT2D eigenvalue weighted by molar-refractivity contribution is -0.185. The van der Waals surface area contributed by atoms with Crippen LogP contribution in [0, 0.1) is 0 Å². The smallest absolute Gasteiger partial charge is 0.426 e. The summed E-state index contributed by atoms with van der Waals surface area (Å²) in [5, 5.41) is 8.52. The Morgan fingerprint density at radius 2 is 1.54 bits per heavy atom. The van der Waals surface area contributed by atoms with Crippen molar-refractivity contribution in [3.63, 3.8) is 0 Å². The molecule has 0 saturated heterocycles. The van der Waals surface area contributed by atoms with Gasteiger partial charge in [-0.25, -0.2) is 4.79 Å². The van der Waals surface area contributed by atoms with Gasteiger partial charge in [0.05, 0.1) is 12.0 Å². The molecule has 0 aliphatic rings. The van der Waals surface area contributed by atoms with Crippen LogP contribution < -0.4 is 4.74 Å². The number of halogens is 5. The highest BCUT2D eigenvalue weighted by Gasteiger charge is 2.34. The molecule has 0 aromatic heterocycles. The summed E-state index contributed by atoms with van der Waals surface area (Å²) in [6.07, 6.45) is -7.14. The van der Waals surface area contributed by atoms with Crippen molar-refractivity contribution in [3.8, 4) is 5.75 Å². The second kappa shape index (κ2) is 7.55. The number of carboxylic acid groups (broad SMARTS) is 1. The molecule has 0 heterocycles. The van der Waals surface area contributed by atoms with Crippen LogP contribution in [0.4, 0.5) is 22.0 Å². The molecule has 0 atom stereocenters. The van der Waals surface area contributed by atoms with Crippen LogP contribution in [0.15, 0.2) is 54.6 Å². The van der Waals surface area contributed by atoms with Gasteiger partial charge in [-0.15, -0.1) is 0 Å². The van der Waals surface area contributed by atoms with Gasteiger partial charge in [-0.05, 0) is 41.5 Å². The van der Waals surface area contributed by atoms with Crippen molar-refractivity contribution in [2.75, 3.05) is 0 Å². The fraction of sp³-hybridized carbons (Fsp3) is 0.167. The van der Waals surface area contributed by atoms with Gasteiger partial charge in [-0.2, -0.15) is 22.0 Å². The van der Waals surface area contributed by atoms with E-state index in [2.05, 4.69) is 4.74 Å². The maximum absolute atomic E-state index is 14.1. The SMILES string of the molecule is O=C(O)C=Cc1ccc(C(F)(F)Oc2ccc(CC(F)(F)F)cc2)cc1. The standard InChI is InChI=1S/C18H13F5O3/c19-17(20,21)11-13-3-8-15(9-4-13)26-18(22,23)14-6-1-12(2-7-14)5-10-16(24)25/h1-10H,11H2,(H,24,25). The molecule has 2 aromatic rings. The summed E-state index contributed by atoms with van der Waals surface area (Å²) in [4.78, 5) is 10.4. The van der Waals surface area contributed by atoms with E-state index in [0.29, 0.717) is 5.56 Å². The number of hydrogen-bond acceptors (Lipinski definition) is 2. The Bertz CT molecular complexity index is 778. The molecule has 0 radical (unpaired) electrons. The molecule has 0 unspecified atom stereocenters. The average Bonchev–Trinajstić information content (AvgIpc) is 2.53. The second-order valence-corrected chi connectivity index (χ2v) is 5.35. The van der Waals surface area contributed by atoms with Crippen LogP contribution in [-0.2, 0) is 17.3 Å². The Morgan fingerprint density at radius 1 is 0.962 bits per heavy atom. The molecule has 1 N–H and O–H groups in total. The highest BCUT2D eigenvalue weighted by Crippen LogP contribution is 2.32. The third kappa shape index (κ3) is 5.87. The van der Waals surface area contributed by atoms with Crippen molar-refractivity contribution in [2.24, 2.45) is 0 Å². The zero-order valence-electron chi connectivity index (χ0n) is 13.1. The monoisotopic (exact) mass is 372 g/mol. The Hall–Kier alpha value is -2.90. The van der Waals surface area contributed by atoms with Gasteiger partial charge >= 0.3 is 18.3 Å². The quantitative estimate of drug-likeness (QED) is 0.572. The molecular formula is C18H13F5O3. The number of ether oxygens (including phenoxy) is 1. The Labute approximate surface area is 145 Å². The zero-order valence-corrected chi connectivity index (χ0v) is 13.1. The molecule has 2 aromatic carbocycles. The first-order chi connectivity index (χ1) is 12.0. The van der Waals surface area contributed by atoms with Crippen molar-refractivity contribution in [2.45, 2.75) is 18.7 Å². The summed E-state index contributed by atoms with van der Waals surface area (Å²) in [5.74, 6) is -1.45. The fourth-order valence-corrected chi connectivity index (χ4v) is 2.07. The summed E-state index contributed by atoms with van der Waals surface area (Å²) in [6, 6.07) is 8.94. The number of alkyl halides is 5. The van der Waals surface area contributed by atoms with Gasteiger partial charge in [-0.3, -0.25) is 0 Å². The zero-order chi connectivity index (χ0) is 19.4. The average molecular weight is 372 g/mol. The maximum Gasteiger partial charge on any atom is 0.426 e. The molecule has 0 aliphatic heterocycles. The first-order valence-electron chi connectivity index (χ1n) is 7.29. The molecule has 138 valence electrons. The molecule has 0 spiro atoms. The summed E-state index contributed by atoms with van der Waals surface area (Å²) in [7, 11) is 0. The van der Waals surface area contributed by atoms with E-state index in [1.165, 1.54) is 18.2 Å². The van der Waals surface area contributed by atoms with E-state index < -0.39 is 30.2 Å². The molecule has 2 rings (SSSR count). The first kappa shape index (κ1) is 19.4. The molecule has 0 saturated carbocycles. The van der Waals surface area contributed by atoms with Crippen molar-refractivity contribution >= 4 is 12.0 Å². The van der Waals surface area contributed by atoms with Gasteiger partial charge in [0.2, 0.25) is 0 Å². The molecular weight excluding hydrogens is 359 g/mol. The topological polar surface area (TPSA) is 46.5 Å². The highest BCUT2D eigenvalue weighted by molar-refractivity contribution is 5.85. The fourth-order valence-electron chi connectivity index (χ4n) is 2.07. The van der Waals surface area contributed by atoms with Gasteiger partial charge in [0, 0.05) is 6.08 Å². The van der Waals surface area contributed by atoms with Crippen LogP contribution in [-0.4, -0.2) is 17.3 Å². The minimum atomic E-state index is -4.39. The predicted molar refractivity (Wildman–Crippen MR) is 83.8 cm³/mol. The molecule has 0 bridgehead atoms. The largest absolute Gasteiger partial charge is 0.478 e. The number of carboxylic acids is 1. The summed E-state index contributed by atoms with van der Waals surface area (Å²) in [5.41, 5.74) is -0.143. The van der Waals surface area contributed by atoms with Gasteiger partial charge < -0.3 is 9.84 Å². The van der Waals surface area contributed by atoms with Crippen LogP contribution in [0.5, 0.6) is 5.75 Å². The Balaban J connectivity index is 2.09. The number of benzene rings is 2. The lowest BCUT2D eigenvalue weighted by atomic mass is 10.1. The second-order valence-electron chi connectivity index (χ2n) is 5.35. The third-order valence-corrected chi connectivity index (χ3v) is 3.24. The van der Waals surface area contributed by atoms with Gasteiger partial charge in [-0.1, -0.05) is 24.3 Å². The summed E-state index contributed by atoms with van der Waals surface area (Å²) < 4.78 is 69.7. The van der Waals surface area contributed by atoms with Crippen molar-refractivity contribution < 1.29 is 36.6 Å². The minimum Gasteiger partial charge on any atom is -0.478 e. The van der Waals surface area contributed by atoms with E-state index in [9.17, 15) is 26.7 Å². The lowest BCUT2D eigenvalue weighted by Crippen LogP contribution is -2.21. The van der Waals surface area contributed by atoms with Gasteiger partial charge in [0.25, 0.3) is 0 Å². The van der Waals surface area contributed by atoms with Gasteiger partial charge in [0.1, 0.15) is 5.75 Å². The van der Waals surface area contributed by atoms with E-state index in [0.717, 1.165) is 42.5 Å². The normalized spacial score (nSPS) is 12.3. The van der Waals surface area contributed by atoms with Crippen LogP contribution in [0.25, 0.3) is 6.08 Å². The Morgan fingerprint density at radius 3 is 2.04 bits per heavy atom. The van der Waals surface area contributed by atoms with Crippen molar-refractivity contribution in [1.82, 2.24) is 0 Å². The van der Waals surface area contributed by atoms with Crippen molar-refractivity contribution in [3.05, 3.63) is 71.3 Å². The van der Waals surface area contributed by atoms with E-state index in [4.69, 9.17) is 5.11 Å². The van der Waals surface area contributed by atoms with Crippen LogP contribution in [0.3, 0.4) is 0 Å². The molecule has 0 amide bonds. The van der Waals surface area contributed by atoms with E-state index in [1.807, 2.05) is 0 Å². The number of rotatable bonds is 6. The third-order valence-electron chi connectivity index (χ3n) is 3.24. The first-order valence-corrected chi connectivity index (χ1v) is 7.29. The summed E-state index contributed by atoms with van der Waals surface area (Å²) in [6.45, 7) is 0. The number of carbonyl (C=O) groups is 1. The van der Waals surface area contributed by atoms with E-state index in [-0.39, 0.29) is 11.3 Å². The highest BCUT2D eigenvalue weighted by atomic mass is 19.4. The van der Waals surface area contributed by atoms with E-state index >= 15 is 0 Å². The molecule has 3 nitrogen and oxygen atoms in total. The summed E-state index contributed by atoms with van der Waals surface area (Å²) >= 11 is 0. The van der Waals surface area contributed by atoms with Crippen LogP contribution >= 0.6 is 0 Å². The maximum atomic E-state index is 14.1. The molecule has 0 aliphatic carbocycles. The molecule has 0 fully saturated rings. The van der Waals surface area contributed by atoms with E-state index in [1.54, 1.807) is 0 Å². The van der Waals surface area contributed by atoms with Crippen LogP contribution in [0.2, 0.25) is 0 Å². The number of aliphatic carboxylic acids is 1. The van der Waals surface area contributed by atoms with Crippen LogP contribution in [0.1, 0.15) is 16.7 Å². The van der Waals surface area contributed by atoms with Crippen molar-refractivity contribution in [1.29, 1.82) is 0 Å². The Kier molecular flexibility index (Phi) is 5.64. The minimum absolute atomic E-state index is 0.0669. The molecule has 26 heavy (non-hydrogen) atoms. The van der Waals surface area contributed by atoms with Gasteiger partial charge in [0.15, 0.2) is 0 Å². The lowest BCUT2D eigenvalue weighted by Gasteiger charge is -2.18. The molecule has 8 heteroatoms.